The van der Waals surface area contributed by atoms with Gasteiger partial charge >= 0.3 is 0 Å². The van der Waals surface area contributed by atoms with Gasteiger partial charge in [0, 0.05) is 5.39 Å². The highest BCUT2D eigenvalue weighted by atomic mass is 19.2. The van der Waals surface area contributed by atoms with E-state index >= 15 is 0 Å². The maximum Gasteiger partial charge on any atom is 0.166 e. The molecule has 0 nitrogen and oxygen atoms in total. The summed E-state index contributed by atoms with van der Waals surface area (Å²) in [5.41, 5.74) is 1.66. The standard InChI is InChI=1S/C32H42F2/c1-4-6-7-9-29-20-28-19-18-27(21-30(28)32(34)31(29)33)26-16-14-25(15-17-26)22(3)24-12-10-23(8-5-2)11-13-24/h4-6,8,18-26H,7,9-17H2,1-3H3/b6-4+,8-5+. The molecule has 2 aliphatic carbocycles. The predicted octanol–water partition coefficient (Wildman–Crippen LogP) is 9.92. The van der Waals surface area contributed by atoms with Crippen LogP contribution in [0.1, 0.15) is 95.6 Å². The van der Waals surface area contributed by atoms with Crippen LogP contribution < -0.4 is 0 Å². The van der Waals surface area contributed by atoms with Crippen LogP contribution in [-0.2, 0) is 6.42 Å². The summed E-state index contributed by atoms with van der Waals surface area (Å²) in [6.45, 7) is 6.58. The maximum absolute atomic E-state index is 15.0. The van der Waals surface area contributed by atoms with Gasteiger partial charge in [-0.1, -0.05) is 43.4 Å². The van der Waals surface area contributed by atoms with Crippen LogP contribution in [0.2, 0.25) is 0 Å². The number of fused-ring (bicyclic) bond motifs is 1. The molecule has 1 unspecified atom stereocenters. The SMILES string of the molecule is C/C=C/CCc1cc2ccc(C3CCC(C(C)C4CCC(/C=C/C)CC4)CC3)cc2c(F)c1F. The summed E-state index contributed by atoms with van der Waals surface area (Å²) in [6, 6.07) is 7.93. The van der Waals surface area contributed by atoms with E-state index < -0.39 is 11.6 Å². The molecule has 0 heterocycles. The van der Waals surface area contributed by atoms with Gasteiger partial charge in [-0.05, 0) is 136 Å². The summed E-state index contributed by atoms with van der Waals surface area (Å²) >= 11 is 0. The number of hydrogen-bond donors (Lipinski definition) is 0. The Morgan fingerprint density at radius 1 is 0.853 bits per heavy atom. The van der Waals surface area contributed by atoms with Crippen LogP contribution in [-0.4, -0.2) is 0 Å². The Kier molecular flexibility index (Phi) is 8.61. The minimum Gasteiger partial charge on any atom is -0.203 e. The van der Waals surface area contributed by atoms with Crippen molar-refractivity contribution in [2.75, 3.05) is 0 Å². The highest BCUT2D eigenvalue weighted by Crippen LogP contribution is 2.45. The van der Waals surface area contributed by atoms with E-state index in [1.165, 1.54) is 56.9 Å². The van der Waals surface area contributed by atoms with Crippen LogP contribution in [0, 0.1) is 35.3 Å². The Labute approximate surface area is 205 Å². The van der Waals surface area contributed by atoms with Crippen molar-refractivity contribution in [2.24, 2.45) is 23.7 Å². The molecule has 2 aliphatic rings. The molecular formula is C32H42F2. The maximum atomic E-state index is 15.0. The molecule has 0 N–H and O–H groups in total. The summed E-state index contributed by atoms with van der Waals surface area (Å²) in [5, 5.41) is 1.26. The van der Waals surface area contributed by atoms with Gasteiger partial charge in [0.1, 0.15) is 0 Å². The average Bonchev–Trinajstić information content (AvgIpc) is 2.87. The molecule has 0 spiro atoms. The van der Waals surface area contributed by atoms with Crippen LogP contribution in [0.5, 0.6) is 0 Å². The van der Waals surface area contributed by atoms with E-state index in [0.717, 1.165) is 35.5 Å². The van der Waals surface area contributed by atoms with E-state index in [0.29, 0.717) is 23.3 Å². The smallest absolute Gasteiger partial charge is 0.166 e. The normalized spacial score (nSPS) is 27.1. The number of benzene rings is 2. The monoisotopic (exact) mass is 464 g/mol. The van der Waals surface area contributed by atoms with Crippen molar-refractivity contribution >= 4 is 10.8 Å². The van der Waals surface area contributed by atoms with Crippen molar-refractivity contribution in [3.63, 3.8) is 0 Å². The lowest BCUT2D eigenvalue weighted by atomic mass is 9.67. The largest absolute Gasteiger partial charge is 0.203 e. The fourth-order valence-corrected chi connectivity index (χ4v) is 6.74. The lowest BCUT2D eigenvalue weighted by molar-refractivity contribution is 0.142. The van der Waals surface area contributed by atoms with Gasteiger partial charge in [0.15, 0.2) is 11.6 Å². The zero-order valence-corrected chi connectivity index (χ0v) is 21.3. The van der Waals surface area contributed by atoms with Gasteiger partial charge in [0.25, 0.3) is 0 Å². The summed E-state index contributed by atoms with van der Waals surface area (Å²) in [6.07, 6.45) is 20.1. The van der Waals surface area contributed by atoms with Crippen molar-refractivity contribution in [3.8, 4) is 0 Å². The molecule has 2 fully saturated rings. The topological polar surface area (TPSA) is 0 Å². The van der Waals surface area contributed by atoms with Crippen LogP contribution in [0.15, 0.2) is 48.6 Å². The molecule has 4 rings (SSSR count). The zero-order valence-electron chi connectivity index (χ0n) is 21.3. The van der Waals surface area contributed by atoms with E-state index in [1.54, 1.807) is 0 Å². The molecule has 2 heteroatoms. The molecule has 2 aromatic rings. The Balaban J connectivity index is 1.39. The van der Waals surface area contributed by atoms with Crippen LogP contribution in [0.25, 0.3) is 10.8 Å². The Bertz CT molecular complexity index is 1000. The second-order valence-electron chi connectivity index (χ2n) is 10.9. The first kappa shape index (κ1) is 25.1. The van der Waals surface area contributed by atoms with Crippen molar-refractivity contribution in [1.82, 2.24) is 0 Å². The molecule has 0 saturated heterocycles. The molecule has 0 radical (unpaired) electrons. The molecule has 0 bridgehead atoms. The predicted molar refractivity (Wildman–Crippen MR) is 141 cm³/mol. The van der Waals surface area contributed by atoms with Gasteiger partial charge in [0.2, 0.25) is 0 Å². The summed E-state index contributed by atoms with van der Waals surface area (Å²) in [4.78, 5) is 0. The molecule has 184 valence electrons. The molecule has 34 heavy (non-hydrogen) atoms. The summed E-state index contributed by atoms with van der Waals surface area (Å²) in [7, 11) is 0. The first-order valence-corrected chi connectivity index (χ1v) is 13.7. The third-order valence-electron chi connectivity index (χ3n) is 8.95. The molecule has 0 aromatic heterocycles. The lowest BCUT2D eigenvalue weighted by Crippen LogP contribution is -2.27. The highest BCUT2D eigenvalue weighted by molar-refractivity contribution is 5.85. The third-order valence-corrected chi connectivity index (χ3v) is 8.95. The van der Waals surface area contributed by atoms with Gasteiger partial charge in [-0.2, -0.15) is 0 Å². The van der Waals surface area contributed by atoms with Gasteiger partial charge in [0.05, 0.1) is 0 Å². The molecule has 0 aliphatic heterocycles. The Hall–Kier alpha value is -1.96. The minimum absolute atomic E-state index is 0.443. The zero-order chi connectivity index (χ0) is 24.1. The number of rotatable bonds is 7. The summed E-state index contributed by atoms with van der Waals surface area (Å²) in [5.74, 6) is 2.41. The Morgan fingerprint density at radius 2 is 1.53 bits per heavy atom. The van der Waals surface area contributed by atoms with E-state index in [-0.39, 0.29) is 0 Å². The molecule has 0 amide bonds. The van der Waals surface area contributed by atoms with Crippen molar-refractivity contribution in [1.29, 1.82) is 0 Å². The van der Waals surface area contributed by atoms with Crippen molar-refractivity contribution in [2.45, 2.75) is 90.9 Å². The number of allylic oxidation sites excluding steroid dienone is 4. The fraction of sp³-hybridized carbons (Fsp3) is 0.562. The molecule has 1 atom stereocenters. The second-order valence-corrected chi connectivity index (χ2v) is 10.9. The van der Waals surface area contributed by atoms with Crippen LogP contribution >= 0.6 is 0 Å². The average molecular weight is 465 g/mol. The van der Waals surface area contributed by atoms with E-state index in [4.69, 9.17) is 0 Å². The first-order chi connectivity index (χ1) is 16.5. The second kappa shape index (κ2) is 11.6. The van der Waals surface area contributed by atoms with Gasteiger partial charge < -0.3 is 0 Å². The number of halogens is 2. The van der Waals surface area contributed by atoms with E-state index in [2.05, 4.69) is 32.1 Å². The van der Waals surface area contributed by atoms with Gasteiger partial charge in [-0.25, -0.2) is 8.78 Å². The van der Waals surface area contributed by atoms with Crippen LogP contribution in [0.4, 0.5) is 8.78 Å². The summed E-state index contributed by atoms with van der Waals surface area (Å²) < 4.78 is 29.7. The van der Waals surface area contributed by atoms with Gasteiger partial charge in [-0.15, -0.1) is 0 Å². The molecule has 2 saturated carbocycles. The quantitative estimate of drug-likeness (QED) is 0.358. The van der Waals surface area contributed by atoms with E-state index in [9.17, 15) is 8.78 Å². The lowest BCUT2D eigenvalue weighted by Gasteiger charge is -2.39. The Morgan fingerprint density at radius 3 is 2.18 bits per heavy atom. The fourth-order valence-electron chi connectivity index (χ4n) is 6.74. The van der Waals surface area contributed by atoms with Crippen LogP contribution in [0.3, 0.4) is 0 Å². The highest BCUT2D eigenvalue weighted by Gasteiger charge is 2.32. The molecular weight excluding hydrogens is 422 g/mol. The van der Waals surface area contributed by atoms with Crippen molar-refractivity contribution in [3.05, 3.63) is 71.3 Å². The minimum atomic E-state index is -0.675. The molecule has 2 aromatic carbocycles. The van der Waals surface area contributed by atoms with Crippen molar-refractivity contribution < 1.29 is 8.78 Å². The third kappa shape index (κ3) is 5.64. The van der Waals surface area contributed by atoms with Gasteiger partial charge in [-0.3, -0.25) is 0 Å². The first-order valence-electron chi connectivity index (χ1n) is 13.7. The number of hydrogen-bond acceptors (Lipinski definition) is 0. The van der Waals surface area contributed by atoms with E-state index in [1.807, 2.05) is 37.3 Å². The number of aryl methyl sites for hydroxylation is 1.